The van der Waals surface area contributed by atoms with Crippen molar-refractivity contribution in [2.24, 2.45) is 0 Å². The van der Waals surface area contributed by atoms with E-state index in [0.717, 1.165) is 15.7 Å². The molecule has 0 radical (unpaired) electrons. The molecular weight excluding hydrogens is 246 g/mol. The highest BCUT2D eigenvalue weighted by Gasteiger charge is 2.02. The van der Waals surface area contributed by atoms with Crippen LogP contribution >= 0.6 is 15.9 Å². The van der Waals surface area contributed by atoms with Crippen LogP contribution in [-0.2, 0) is 0 Å². The summed E-state index contributed by atoms with van der Waals surface area (Å²) in [5.74, 6) is 0. The fraction of sp³-hybridized carbons (Fsp3) is 0.111. The molecular formula is C9H8BrN3O. The number of hydrogen-bond acceptors (Lipinski definition) is 2. The summed E-state index contributed by atoms with van der Waals surface area (Å²) < 4.78 is 2.42. The van der Waals surface area contributed by atoms with Gasteiger partial charge in [0, 0.05) is 4.47 Å². The maximum absolute atomic E-state index is 11.2. The minimum atomic E-state index is -0.235. The number of aryl methyl sites for hydroxylation is 1. The van der Waals surface area contributed by atoms with E-state index in [9.17, 15) is 4.79 Å². The smallest absolute Gasteiger partial charge is 0.250 e. The van der Waals surface area contributed by atoms with Gasteiger partial charge in [0.1, 0.15) is 6.33 Å². The molecule has 4 nitrogen and oxygen atoms in total. The van der Waals surface area contributed by atoms with Gasteiger partial charge in [0.15, 0.2) is 0 Å². The number of aromatic nitrogens is 3. The second kappa shape index (κ2) is 3.42. The van der Waals surface area contributed by atoms with Gasteiger partial charge in [0.05, 0.1) is 5.69 Å². The lowest BCUT2D eigenvalue weighted by molar-refractivity contribution is 0.980. The van der Waals surface area contributed by atoms with Gasteiger partial charge in [-0.3, -0.25) is 0 Å². The summed E-state index contributed by atoms with van der Waals surface area (Å²) in [5.41, 5.74) is 1.69. The number of nitrogens with one attached hydrogen (secondary N) is 1. The molecule has 0 aliphatic carbocycles. The summed E-state index contributed by atoms with van der Waals surface area (Å²) in [6, 6.07) is 5.70. The monoisotopic (exact) mass is 253 g/mol. The third-order valence-corrected chi connectivity index (χ3v) is 2.84. The van der Waals surface area contributed by atoms with Crippen molar-refractivity contribution in [3.63, 3.8) is 0 Å². The first kappa shape index (κ1) is 9.21. The minimum Gasteiger partial charge on any atom is -0.250 e. The van der Waals surface area contributed by atoms with Crippen molar-refractivity contribution in [1.29, 1.82) is 0 Å². The van der Waals surface area contributed by atoms with Crippen LogP contribution in [-0.4, -0.2) is 14.8 Å². The lowest BCUT2D eigenvalue weighted by Crippen LogP contribution is -2.13. The molecule has 0 saturated carbocycles. The molecule has 1 aromatic heterocycles. The maximum Gasteiger partial charge on any atom is 0.347 e. The molecule has 2 aromatic rings. The molecule has 0 aliphatic heterocycles. The molecule has 1 N–H and O–H groups in total. The Kier molecular flexibility index (Phi) is 2.25. The summed E-state index contributed by atoms with van der Waals surface area (Å²) in [6.45, 7) is 1.99. The average Bonchev–Trinajstić information content (AvgIpc) is 2.57. The third kappa shape index (κ3) is 1.50. The van der Waals surface area contributed by atoms with Crippen LogP contribution in [0.25, 0.3) is 5.69 Å². The first-order valence-electron chi connectivity index (χ1n) is 4.07. The third-order valence-electron chi connectivity index (χ3n) is 1.99. The Morgan fingerprint density at radius 3 is 2.86 bits per heavy atom. The van der Waals surface area contributed by atoms with Crippen LogP contribution in [0.2, 0.25) is 0 Å². The largest absolute Gasteiger partial charge is 0.347 e. The van der Waals surface area contributed by atoms with E-state index in [1.807, 2.05) is 25.1 Å². The van der Waals surface area contributed by atoms with E-state index >= 15 is 0 Å². The normalized spacial score (nSPS) is 10.4. The number of nitrogens with zero attached hydrogens (tertiary/aromatic N) is 2. The summed E-state index contributed by atoms with van der Waals surface area (Å²) in [4.78, 5) is 11.2. The number of aromatic amines is 1. The molecule has 0 spiro atoms. The standard InChI is InChI=1S/C9H8BrN3O/c1-6-2-3-7(4-8(6)10)13-5-11-12-9(13)14/h2-5H,1H3,(H,12,14). The zero-order chi connectivity index (χ0) is 10.1. The molecule has 0 unspecified atom stereocenters. The fourth-order valence-electron chi connectivity index (χ4n) is 1.16. The van der Waals surface area contributed by atoms with Crippen LogP contribution in [0.15, 0.2) is 33.8 Å². The molecule has 2 rings (SSSR count). The van der Waals surface area contributed by atoms with Gasteiger partial charge < -0.3 is 0 Å². The number of H-pyrrole nitrogens is 1. The van der Waals surface area contributed by atoms with Gasteiger partial charge in [-0.1, -0.05) is 22.0 Å². The first-order chi connectivity index (χ1) is 6.68. The van der Waals surface area contributed by atoms with Gasteiger partial charge in [-0.2, -0.15) is 5.10 Å². The van der Waals surface area contributed by atoms with E-state index in [-0.39, 0.29) is 5.69 Å². The molecule has 0 fully saturated rings. The molecule has 14 heavy (non-hydrogen) atoms. The van der Waals surface area contributed by atoms with Crippen molar-refractivity contribution in [2.75, 3.05) is 0 Å². The molecule has 1 heterocycles. The summed E-state index contributed by atoms with van der Waals surface area (Å²) >= 11 is 3.41. The van der Waals surface area contributed by atoms with Crippen LogP contribution in [0.5, 0.6) is 0 Å². The minimum absolute atomic E-state index is 0.235. The van der Waals surface area contributed by atoms with Crippen molar-refractivity contribution in [1.82, 2.24) is 14.8 Å². The highest BCUT2D eigenvalue weighted by molar-refractivity contribution is 9.10. The predicted octanol–water partition coefficient (Wildman–Crippen LogP) is 1.63. The molecule has 1 aromatic carbocycles. The van der Waals surface area contributed by atoms with Gasteiger partial charge in [-0.25, -0.2) is 14.5 Å². The summed E-state index contributed by atoms with van der Waals surface area (Å²) in [7, 11) is 0. The molecule has 0 saturated heterocycles. The number of benzene rings is 1. The quantitative estimate of drug-likeness (QED) is 0.840. The Morgan fingerprint density at radius 1 is 1.50 bits per heavy atom. The van der Waals surface area contributed by atoms with E-state index in [2.05, 4.69) is 26.1 Å². The number of halogens is 1. The van der Waals surface area contributed by atoms with Crippen LogP contribution in [0, 0.1) is 6.92 Å². The lowest BCUT2D eigenvalue weighted by Gasteiger charge is -2.02. The Hall–Kier alpha value is -1.36. The van der Waals surface area contributed by atoms with Crippen molar-refractivity contribution < 1.29 is 0 Å². The van der Waals surface area contributed by atoms with Gasteiger partial charge >= 0.3 is 5.69 Å². The van der Waals surface area contributed by atoms with Crippen LogP contribution in [0.4, 0.5) is 0 Å². The van der Waals surface area contributed by atoms with Crippen LogP contribution in [0.3, 0.4) is 0 Å². The zero-order valence-electron chi connectivity index (χ0n) is 7.49. The topological polar surface area (TPSA) is 50.7 Å². The van der Waals surface area contributed by atoms with E-state index < -0.39 is 0 Å². The van der Waals surface area contributed by atoms with Crippen molar-refractivity contribution in [2.45, 2.75) is 6.92 Å². The second-order valence-electron chi connectivity index (χ2n) is 2.97. The molecule has 0 aliphatic rings. The Balaban J connectivity index is 2.59. The van der Waals surface area contributed by atoms with Gasteiger partial charge in [-0.05, 0) is 24.6 Å². The lowest BCUT2D eigenvalue weighted by atomic mass is 10.2. The zero-order valence-corrected chi connectivity index (χ0v) is 9.08. The van der Waals surface area contributed by atoms with E-state index in [4.69, 9.17) is 0 Å². The number of rotatable bonds is 1. The Labute approximate surface area is 88.7 Å². The van der Waals surface area contributed by atoms with Gasteiger partial charge in [-0.15, -0.1) is 0 Å². The molecule has 72 valence electrons. The average molecular weight is 254 g/mol. The second-order valence-corrected chi connectivity index (χ2v) is 3.82. The van der Waals surface area contributed by atoms with Crippen molar-refractivity contribution in [3.8, 4) is 5.69 Å². The first-order valence-corrected chi connectivity index (χ1v) is 4.86. The van der Waals surface area contributed by atoms with Crippen molar-refractivity contribution in [3.05, 3.63) is 45.0 Å². The Morgan fingerprint density at radius 2 is 2.29 bits per heavy atom. The van der Waals surface area contributed by atoms with E-state index in [1.165, 1.54) is 10.9 Å². The van der Waals surface area contributed by atoms with Crippen LogP contribution in [0.1, 0.15) is 5.56 Å². The highest BCUT2D eigenvalue weighted by Crippen LogP contribution is 2.18. The van der Waals surface area contributed by atoms with Gasteiger partial charge in [0.25, 0.3) is 0 Å². The summed E-state index contributed by atoms with van der Waals surface area (Å²) in [5, 5.41) is 6.00. The van der Waals surface area contributed by atoms with Crippen molar-refractivity contribution >= 4 is 15.9 Å². The van der Waals surface area contributed by atoms with E-state index in [0.29, 0.717) is 0 Å². The predicted molar refractivity (Wildman–Crippen MR) is 56.6 cm³/mol. The summed E-state index contributed by atoms with van der Waals surface area (Å²) in [6.07, 6.45) is 1.46. The van der Waals surface area contributed by atoms with Gasteiger partial charge in [0.2, 0.25) is 0 Å². The Bertz CT molecular complexity index is 515. The molecule has 0 amide bonds. The number of hydrogen-bond donors (Lipinski definition) is 1. The van der Waals surface area contributed by atoms with Crippen LogP contribution < -0.4 is 5.69 Å². The molecule has 0 bridgehead atoms. The molecule has 0 atom stereocenters. The maximum atomic E-state index is 11.2. The van der Waals surface area contributed by atoms with E-state index in [1.54, 1.807) is 0 Å². The highest BCUT2D eigenvalue weighted by atomic mass is 79.9. The SMILES string of the molecule is Cc1ccc(-n2cn[nH]c2=O)cc1Br. The molecule has 5 heteroatoms. The fourth-order valence-corrected chi connectivity index (χ4v) is 1.53.